The molecule has 0 radical (unpaired) electrons. The maximum Gasteiger partial charge on any atom is 0.194 e. The van der Waals surface area contributed by atoms with Crippen LogP contribution in [0, 0.1) is 13.8 Å². The van der Waals surface area contributed by atoms with Crippen LogP contribution in [0.1, 0.15) is 43.3 Å². The molecule has 2 heterocycles. The number of fused-ring (bicyclic) bond motifs is 1. The molecule has 0 spiro atoms. The van der Waals surface area contributed by atoms with Crippen LogP contribution in [-0.2, 0) is 11.8 Å². The van der Waals surface area contributed by atoms with Crippen LogP contribution in [-0.4, -0.2) is 15.9 Å². The summed E-state index contributed by atoms with van der Waals surface area (Å²) in [5.41, 5.74) is 13.4. The zero-order valence-electron chi connectivity index (χ0n) is 14.6. The topological polar surface area (TPSA) is 43.3 Å². The molecule has 2 aromatic heterocycles. The predicted octanol–water partition coefficient (Wildman–Crippen LogP) is 4.48. The van der Waals surface area contributed by atoms with Crippen molar-refractivity contribution in [1.29, 1.82) is 0 Å². The first-order chi connectivity index (χ1) is 10.8. The molecular weight excluding hydrogens is 302 g/mol. The Morgan fingerprint density at radius 2 is 1.96 bits per heavy atom. The van der Waals surface area contributed by atoms with E-state index in [1.807, 2.05) is 0 Å². The summed E-state index contributed by atoms with van der Waals surface area (Å²) in [6, 6.07) is 6.57. The lowest BCUT2D eigenvalue weighted by Crippen LogP contribution is -2.16. The molecule has 2 N–H and O–H groups in total. The Hall–Kier alpha value is -1.65. The van der Waals surface area contributed by atoms with Gasteiger partial charge in [0.2, 0.25) is 0 Å². The summed E-state index contributed by atoms with van der Waals surface area (Å²) in [7, 11) is 0. The molecule has 122 valence electrons. The standard InChI is InChI=1S/C19H25N3S/c1-12-6-7-14(13(2)10-12)17-15(8-9-20)22-16(19(3,4)5)11-23-18(22)21-17/h6-7,10-11H,8-9,20H2,1-5H3. The lowest BCUT2D eigenvalue weighted by molar-refractivity contribution is 0.561. The van der Waals surface area contributed by atoms with Crippen LogP contribution in [0.25, 0.3) is 16.2 Å². The van der Waals surface area contributed by atoms with Gasteiger partial charge in [0.1, 0.15) is 0 Å². The monoisotopic (exact) mass is 327 g/mol. The largest absolute Gasteiger partial charge is 0.330 e. The van der Waals surface area contributed by atoms with E-state index in [0.29, 0.717) is 6.54 Å². The number of rotatable bonds is 3. The maximum atomic E-state index is 5.91. The number of nitrogens with two attached hydrogens (primary N) is 1. The number of aromatic nitrogens is 2. The zero-order valence-corrected chi connectivity index (χ0v) is 15.4. The van der Waals surface area contributed by atoms with Crippen molar-refractivity contribution in [2.24, 2.45) is 5.73 Å². The van der Waals surface area contributed by atoms with Gasteiger partial charge in [-0.15, -0.1) is 11.3 Å². The summed E-state index contributed by atoms with van der Waals surface area (Å²) in [6.45, 7) is 11.7. The van der Waals surface area contributed by atoms with Crippen LogP contribution >= 0.6 is 11.3 Å². The van der Waals surface area contributed by atoms with Crippen LogP contribution < -0.4 is 5.73 Å². The molecule has 4 heteroatoms. The summed E-state index contributed by atoms with van der Waals surface area (Å²) in [5.74, 6) is 0. The fraction of sp³-hybridized carbons (Fsp3) is 0.421. The van der Waals surface area contributed by atoms with Gasteiger partial charge in [0.05, 0.1) is 11.4 Å². The van der Waals surface area contributed by atoms with Crippen molar-refractivity contribution in [3.05, 3.63) is 46.1 Å². The van der Waals surface area contributed by atoms with Gasteiger partial charge in [0.15, 0.2) is 4.96 Å². The third-order valence-corrected chi connectivity index (χ3v) is 5.07. The van der Waals surface area contributed by atoms with Crippen molar-refractivity contribution in [3.63, 3.8) is 0 Å². The third-order valence-electron chi connectivity index (χ3n) is 4.25. The maximum absolute atomic E-state index is 5.91. The van der Waals surface area contributed by atoms with E-state index in [9.17, 15) is 0 Å². The lowest BCUT2D eigenvalue weighted by Gasteiger charge is -2.19. The molecule has 0 aliphatic heterocycles. The van der Waals surface area contributed by atoms with E-state index in [1.54, 1.807) is 11.3 Å². The van der Waals surface area contributed by atoms with Gasteiger partial charge in [-0.05, 0) is 26.0 Å². The summed E-state index contributed by atoms with van der Waals surface area (Å²) in [4.78, 5) is 6.02. The van der Waals surface area contributed by atoms with E-state index in [-0.39, 0.29) is 5.41 Å². The van der Waals surface area contributed by atoms with Crippen LogP contribution in [0.3, 0.4) is 0 Å². The highest BCUT2D eigenvalue weighted by Crippen LogP contribution is 2.34. The second-order valence-electron chi connectivity index (χ2n) is 7.25. The number of hydrogen-bond acceptors (Lipinski definition) is 3. The molecule has 0 aliphatic rings. The molecule has 0 unspecified atom stereocenters. The van der Waals surface area contributed by atoms with Crippen LogP contribution in [0.2, 0.25) is 0 Å². The van der Waals surface area contributed by atoms with Gasteiger partial charge < -0.3 is 5.73 Å². The van der Waals surface area contributed by atoms with Crippen LogP contribution in [0.15, 0.2) is 23.6 Å². The van der Waals surface area contributed by atoms with Crippen molar-refractivity contribution in [2.75, 3.05) is 6.54 Å². The van der Waals surface area contributed by atoms with Crippen molar-refractivity contribution in [3.8, 4) is 11.3 Å². The first-order valence-electron chi connectivity index (χ1n) is 8.10. The number of hydrogen-bond donors (Lipinski definition) is 1. The molecule has 0 fully saturated rings. The minimum atomic E-state index is 0.0852. The average Bonchev–Trinajstić information content (AvgIpc) is 2.99. The number of nitrogens with zero attached hydrogens (tertiary/aromatic N) is 2. The quantitative estimate of drug-likeness (QED) is 0.771. The Morgan fingerprint density at radius 3 is 2.57 bits per heavy atom. The van der Waals surface area contributed by atoms with Crippen molar-refractivity contribution in [2.45, 2.75) is 46.5 Å². The molecule has 0 amide bonds. The first kappa shape index (κ1) is 16.2. The molecule has 3 rings (SSSR count). The highest BCUT2D eigenvalue weighted by Gasteiger charge is 2.24. The van der Waals surface area contributed by atoms with Crippen LogP contribution in [0.4, 0.5) is 0 Å². The second kappa shape index (κ2) is 5.77. The van der Waals surface area contributed by atoms with E-state index in [4.69, 9.17) is 10.7 Å². The third kappa shape index (κ3) is 2.81. The van der Waals surface area contributed by atoms with Crippen LogP contribution in [0.5, 0.6) is 0 Å². The Labute approximate surface area is 142 Å². The highest BCUT2D eigenvalue weighted by molar-refractivity contribution is 7.15. The molecule has 0 saturated carbocycles. The van der Waals surface area contributed by atoms with Crippen molar-refractivity contribution < 1.29 is 0 Å². The van der Waals surface area contributed by atoms with Gasteiger partial charge >= 0.3 is 0 Å². The molecule has 0 saturated heterocycles. The van der Waals surface area contributed by atoms with Gasteiger partial charge in [0, 0.05) is 28.5 Å². The van der Waals surface area contributed by atoms with Crippen molar-refractivity contribution >= 4 is 16.3 Å². The normalized spacial score (nSPS) is 12.3. The second-order valence-corrected chi connectivity index (χ2v) is 8.09. The predicted molar refractivity (Wildman–Crippen MR) is 99.4 cm³/mol. The van der Waals surface area contributed by atoms with E-state index >= 15 is 0 Å². The molecule has 23 heavy (non-hydrogen) atoms. The molecular formula is C19H25N3S. The van der Waals surface area contributed by atoms with Gasteiger partial charge in [-0.3, -0.25) is 4.40 Å². The van der Waals surface area contributed by atoms with Gasteiger partial charge in [-0.1, -0.05) is 44.5 Å². The Kier molecular flexibility index (Phi) is 4.07. The van der Waals surface area contributed by atoms with E-state index in [2.05, 4.69) is 62.6 Å². The summed E-state index contributed by atoms with van der Waals surface area (Å²) in [5, 5.41) is 2.23. The summed E-state index contributed by atoms with van der Waals surface area (Å²) < 4.78 is 2.33. The first-order valence-corrected chi connectivity index (χ1v) is 8.98. The van der Waals surface area contributed by atoms with Gasteiger partial charge in [0.25, 0.3) is 0 Å². The van der Waals surface area contributed by atoms with Gasteiger partial charge in [-0.25, -0.2) is 4.98 Å². The molecule has 1 aromatic carbocycles. The van der Waals surface area contributed by atoms with Gasteiger partial charge in [-0.2, -0.15) is 0 Å². The Balaban J connectivity index is 2.29. The van der Waals surface area contributed by atoms with E-state index < -0.39 is 0 Å². The Morgan fingerprint density at radius 1 is 1.22 bits per heavy atom. The zero-order chi connectivity index (χ0) is 16.8. The summed E-state index contributed by atoms with van der Waals surface area (Å²) >= 11 is 1.72. The smallest absolute Gasteiger partial charge is 0.194 e. The Bertz CT molecular complexity index is 849. The molecule has 0 bridgehead atoms. The molecule has 0 aliphatic carbocycles. The highest BCUT2D eigenvalue weighted by atomic mass is 32.1. The fourth-order valence-corrected chi connectivity index (χ4v) is 4.23. The van der Waals surface area contributed by atoms with E-state index in [0.717, 1.165) is 17.1 Å². The molecule has 3 aromatic rings. The van der Waals surface area contributed by atoms with E-state index in [1.165, 1.54) is 28.1 Å². The average molecular weight is 327 g/mol. The molecule has 0 atom stereocenters. The number of thiazole rings is 1. The summed E-state index contributed by atoms with van der Waals surface area (Å²) in [6.07, 6.45) is 0.837. The lowest BCUT2D eigenvalue weighted by atomic mass is 9.93. The number of aryl methyl sites for hydroxylation is 2. The fourth-order valence-electron chi connectivity index (χ4n) is 3.09. The minimum absolute atomic E-state index is 0.0852. The number of imidazole rings is 1. The minimum Gasteiger partial charge on any atom is -0.330 e. The van der Waals surface area contributed by atoms with Crippen molar-refractivity contribution in [1.82, 2.24) is 9.38 Å². The number of benzene rings is 1. The SMILES string of the molecule is Cc1ccc(-c2nc3scc(C(C)(C)C)n3c2CCN)c(C)c1. The molecule has 3 nitrogen and oxygen atoms in total.